The van der Waals surface area contributed by atoms with E-state index in [9.17, 15) is 14.9 Å². The minimum absolute atomic E-state index is 0.0797. The lowest BCUT2D eigenvalue weighted by Gasteiger charge is -2.16. The van der Waals surface area contributed by atoms with Gasteiger partial charge in [-0.1, -0.05) is 36.4 Å². The topological polar surface area (TPSA) is 128 Å². The van der Waals surface area contributed by atoms with Crippen molar-refractivity contribution in [3.8, 4) is 11.3 Å². The molecule has 0 unspecified atom stereocenters. The standard InChI is InChI=1S/C28H26N6O3/c1-33-16-25(30-17-33)19-8-10-21(11-9-19)31-27(20-6-4-18(5-7-20)3-2-14-29)26-23-15-22(34(36)37)12-13-24(23)32-28(26)35/h4-13,15-17,31H,2-3,14,29H2,1H3,(H,32,35). The molecule has 3 aromatic carbocycles. The van der Waals surface area contributed by atoms with Crippen LogP contribution >= 0.6 is 0 Å². The van der Waals surface area contributed by atoms with Gasteiger partial charge in [0.2, 0.25) is 0 Å². The molecule has 2 heterocycles. The molecule has 0 radical (unpaired) electrons. The summed E-state index contributed by atoms with van der Waals surface area (Å²) in [5.41, 5.74) is 12.0. The maximum absolute atomic E-state index is 13.2. The molecule has 186 valence electrons. The van der Waals surface area contributed by atoms with Crippen LogP contribution in [0, 0.1) is 10.1 Å². The van der Waals surface area contributed by atoms with Gasteiger partial charge in [-0.2, -0.15) is 0 Å². The number of amides is 1. The third-order valence-corrected chi connectivity index (χ3v) is 6.28. The van der Waals surface area contributed by atoms with E-state index >= 15 is 0 Å². The highest BCUT2D eigenvalue weighted by molar-refractivity contribution is 6.37. The van der Waals surface area contributed by atoms with Crippen LogP contribution in [-0.2, 0) is 18.3 Å². The Balaban J connectivity index is 1.58. The lowest BCUT2D eigenvalue weighted by Crippen LogP contribution is -2.10. The van der Waals surface area contributed by atoms with E-state index in [1.165, 1.54) is 12.1 Å². The molecule has 1 aromatic heterocycles. The Bertz CT molecular complexity index is 1500. The first-order chi connectivity index (χ1) is 17.9. The van der Waals surface area contributed by atoms with Gasteiger partial charge in [-0.25, -0.2) is 4.98 Å². The highest BCUT2D eigenvalue weighted by Gasteiger charge is 2.30. The molecule has 0 saturated carbocycles. The van der Waals surface area contributed by atoms with Crippen LogP contribution in [-0.4, -0.2) is 26.9 Å². The van der Waals surface area contributed by atoms with Gasteiger partial charge in [0.25, 0.3) is 11.6 Å². The van der Waals surface area contributed by atoms with Gasteiger partial charge in [0.05, 0.1) is 28.2 Å². The van der Waals surface area contributed by atoms with E-state index in [0.29, 0.717) is 29.1 Å². The number of anilines is 2. The number of benzene rings is 3. The van der Waals surface area contributed by atoms with Crippen LogP contribution in [0.4, 0.5) is 17.1 Å². The molecule has 0 saturated heterocycles. The number of nitro groups is 1. The Hall–Kier alpha value is -4.76. The van der Waals surface area contributed by atoms with Crippen molar-refractivity contribution in [3.05, 3.63) is 106 Å². The minimum Gasteiger partial charge on any atom is -0.354 e. The minimum atomic E-state index is -0.462. The first kappa shape index (κ1) is 24.0. The Morgan fingerprint density at radius 3 is 2.51 bits per heavy atom. The lowest BCUT2D eigenvalue weighted by molar-refractivity contribution is -0.384. The number of nitrogens with zero attached hydrogens (tertiary/aromatic N) is 3. The van der Waals surface area contributed by atoms with Crippen LogP contribution in [0.2, 0.25) is 0 Å². The summed E-state index contributed by atoms with van der Waals surface area (Å²) in [5.74, 6) is -0.324. The number of aryl methyl sites for hydroxylation is 2. The second-order valence-electron chi connectivity index (χ2n) is 8.91. The van der Waals surface area contributed by atoms with Gasteiger partial charge >= 0.3 is 0 Å². The van der Waals surface area contributed by atoms with Crippen molar-refractivity contribution in [2.45, 2.75) is 12.8 Å². The summed E-state index contributed by atoms with van der Waals surface area (Å²) < 4.78 is 1.89. The van der Waals surface area contributed by atoms with Crippen molar-refractivity contribution in [1.29, 1.82) is 0 Å². The summed E-state index contributed by atoms with van der Waals surface area (Å²) in [6.07, 6.45) is 5.43. The Labute approximate surface area is 213 Å². The maximum atomic E-state index is 13.2. The fraction of sp³-hybridized carbons (Fsp3) is 0.143. The number of nitro benzene ring substituents is 1. The summed E-state index contributed by atoms with van der Waals surface area (Å²) in [4.78, 5) is 28.5. The average molecular weight is 495 g/mol. The van der Waals surface area contributed by atoms with E-state index in [0.717, 1.165) is 40.9 Å². The van der Waals surface area contributed by atoms with Crippen LogP contribution in [0.15, 0.2) is 79.3 Å². The summed E-state index contributed by atoms with van der Waals surface area (Å²) in [6, 6.07) is 20.1. The maximum Gasteiger partial charge on any atom is 0.270 e. The lowest BCUT2D eigenvalue weighted by atomic mass is 9.98. The monoisotopic (exact) mass is 494 g/mol. The zero-order valence-electron chi connectivity index (χ0n) is 20.3. The van der Waals surface area contributed by atoms with Crippen LogP contribution in [0.1, 0.15) is 23.1 Å². The van der Waals surface area contributed by atoms with E-state index in [-0.39, 0.29) is 11.6 Å². The summed E-state index contributed by atoms with van der Waals surface area (Å²) in [5, 5.41) is 17.7. The van der Waals surface area contributed by atoms with Gasteiger partial charge in [0.1, 0.15) is 0 Å². The number of hydrogen-bond acceptors (Lipinski definition) is 6. The third kappa shape index (κ3) is 4.98. The largest absolute Gasteiger partial charge is 0.354 e. The van der Waals surface area contributed by atoms with Crippen LogP contribution in [0.25, 0.3) is 22.5 Å². The van der Waals surface area contributed by atoms with Gasteiger partial charge < -0.3 is 20.9 Å². The normalized spacial score (nSPS) is 13.7. The van der Waals surface area contributed by atoms with Crippen LogP contribution < -0.4 is 16.4 Å². The molecule has 0 atom stereocenters. The highest BCUT2D eigenvalue weighted by atomic mass is 16.6. The van der Waals surface area contributed by atoms with Crippen LogP contribution in [0.5, 0.6) is 0 Å². The number of nitrogens with two attached hydrogens (primary N) is 1. The summed E-state index contributed by atoms with van der Waals surface area (Å²) in [7, 11) is 1.92. The zero-order chi connectivity index (χ0) is 25.9. The molecule has 5 rings (SSSR count). The molecule has 4 N–H and O–H groups in total. The van der Waals surface area contributed by atoms with Crippen molar-refractivity contribution in [2.24, 2.45) is 12.8 Å². The molecule has 0 bridgehead atoms. The van der Waals surface area contributed by atoms with E-state index in [4.69, 9.17) is 5.73 Å². The van der Waals surface area contributed by atoms with E-state index < -0.39 is 4.92 Å². The first-order valence-corrected chi connectivity index (χ1v) is 11.9. The molecule has 9 nitrogen and oxygen atoms in total. The van der Waals surface area contributed by atoms with Crippen molar-refractivity contribution in [3.63, 3.8) is 0 Å². The number of non-ortho nitro benzene ring substituents is 1. The Morgan fingerprint density at radius 2 is 1.86 bits per heavy atom. The number of imidazole rings is 1. The molecule has 0 fully saturated rings. The van der Waals surface area contributed by atoms with Crippen molar-refractivity contribution < 1.29 is 9.72 Å². The summed E-state index contributed by atoms with van der Waals surface area (Å²) in [6.45, 7) is 0.614. The van der Waals surface area contributed by atoms with Gasteiger partial charge in [0.15, 0.2) is 0 Å². The quantitative estimate of drug-likeness (QED) is 0.183. The van der Waals surface area contributed by atoms with E-state index in [2.05, 4.69) is 15.6 Å². The van der Waals surface area contributed by atoms with Gasteiger partial charge in [-0.3, -0.25) is 14.9 Å². The number of nitrogens with one attached hydrogen (secondary N) is 2. The number of rotatable bonds is 8. The van der Waals surface area contributed by atoms with Crippen molar-refractivity contribution >= 4 is 34.2 Å². The number of hydrogen-bond donors (Lipinski definition) is 3. The van der Waals surface area contributed by atoms with Crippen molar-refractivity contribution in [1.82, 2.24) is 9.55 Å². The summed E-state index contributed by atoms with van der Waals surface area (Å²) >= 11 is 0. The number of fused-ring (bicyclic) bond motifs is 1. The van der Waals surface area contributed by atoms with Crippen LogP contribution in [0.3, 0.4) is 0 Å². The predicted octanol–water partition coefficient (Wildman–Crippen LogP) is 4.82. The van der Waals surface area contributed by atoms with E-state index in [1.807, 2.05) is 66.3 Å². The van der Waals surface area contributed by atoms with Gasteiger partial charge in [-0.05, 0) is 48.7 Å². The Morgan fingerprint density at radius 1 is 1.11 bits per heavy atom. The predicted molar refractivity (Wildman–Crippen MR) is 145 cm³/mol. The molecule has 0 aliphatic carbocycles. The van der Waals surface area contributed by atoms with Crippen molar-refractivity contribution in [2.75, 3.05) is 17.2 Å². The number of carbonyl (C=O) groups excluding carboxylic acids is 1. The fourth-order valence-corrected chi connectivity index (χ4v) is 4.37. The highest BCUT2D eigenvalue weighted by Crippen LogP contribution is 2.39. The third-order valence-electron chi connectivity index (χ3n) is 6.28. The molecule has 1 aliphatic rings. The Kier molecular flexibility index (Phi) is 6.53. The molecule has 4 aromatic rings. The second-order valence-corrected chi connectivity index (χ2v) is 8.91. The van der Waals surface area contributed by atoms with Gasteiger partial charge in [0, 0.05) is 47.9 Å². The fourth-order valence-electron chi connectivity index (χ4n) is 4.37. The molecule has 37 heavy (non-hydrogen) atoms. The van der Waals surface area contributed by atoms with Gasteiger partial charge in [-0.15, -0.1) is 0 Å². The SMILES string of the molecule is Cn1cnc(-c2ccc(NC(=C3C(=O)Nc4ccc([N+](=O)[O-])cc43)c3ccc(CCCN)cc3)cc2)c1. The molecular weight excluding hydrogens is 468 g/mol. The van der Waals surface area contributed by atoms with E-state index in [1.54, 1.807) is 12.4 Å². The number of carbonyl (C=O) groups is 1. The second kappa shape index (κ2) is 10.1. The average Bonchev–Trinajstić information content (AvgIpc) is 3.48. The molecule has 1 amide bonds. The number of aromatic nitrogens is 2. The smallest absolute Gasteiger partial charge is 0.270 e. The molecule has 9 heteroatoms. The zero-order valence-corrected chi connectivity index (χ0v) is 20.3. The molecular formula is C28H26N6O3. The molecule has 1 aliphatic heterocycles. The molecule has 0 spiro atoms. The first-order valence-electron chi connectivity index (χ1n) is 11.9.